The van der Waals surface area contributed by atoms with Gasteiger partial charge in [-0.3, -0.25) is 4.21 Å². The highest BCUT2D eigenvalue weighted by Crippen LogP contribution is 2.06. The Kier molecular flexibility index (Phi) is 3.23. The van der Waals surface area contributed by atoms with Crippen molar-refractivity contribution in [2.75, 3.05) is 6.26 Å². The molecule has 0 aliphatic rings. The quantitative estimate of drug-likeness (QED) is 0.697. The van der Waals surface area contributed by atoms with Gasteiger partial charge in [0.15, 0.2) is 0 Å². The van der Waals surface area contributed by atoms with Gasteiger partial charge in [-0.15, -0.1) is 0 Å². The summed E-state index contributed by atoms with van der Waals surface area (Å²) in [7, 11) is -0.751. The fourth-order valence-corrected chi connectivity index (χ4v) is 1.65. The molecular weight excluding hydrogens is 168 g/mol. The Morgan fingerprint density at radius 2 is 2.00 bits per heavy atom. The van der Waals surface area contributed by atoms with E-state index in [0.717, 1.165) is 11.1 Å². The van der Waals surface area contributed by atoms with Crippen LogP contribution in [0.4, 0.5) is 0 Å². The molecule has 0 N–H and O–H groups in total. The predicted molar refractivity (Wildman–Crippen MR) is 54.3 cm³/mol. The van der Waals surface area contributed by atoms with Crippen molar-refractivity contribution < 1.29 is 4.21 Å². The van der Waals surface area contributed by atoms with Crippen molar-refractivity contribution in [1.29, 1.82) is 0 Å². The highest BCUT2D eigenvalue weighted by molar-refractivity contribution is 7.83. The maximum absolute atomic E-state index is 10.9. The Labute approximate surface area is 75.6 Å². The van der Waals surface area contributed by atoms with Crippen molar-refractivity contribution in [3.8, 4) is 0 Å². The van der Waals surface area contributed by atoms with Crippen LogP contribution >= 0.6 is 0 Å². The first-order chi connectivity index (χ1) is 5.72. The lowest BCUT2D eigenvalue weighted by Crippen LogP contribution is -1.91. The Bertz CT molecular complexity index is 287. The fraction of sp³-hybridized carbons (Fsp3) is 0.200. The molecule has 0 spiro atoms. The molecule has 64 valence electrons. The van der Waals surface area contributed by atoms with Crippen LogP contribution in [0.3, 0.4) is 0 Å². The molecule has 2 heteroatoms. The van der Waals surface area contributed by atoms with Crippen molar-refractivity contribution in [3.05, 3.63) is 42.0 Å². The summed E-state index contributed by atoms with van der Waals surface area (Å²) in [5.41, 5.74) is 2.21. The number of benzene rings is 1. The molecule has 1 aromatic carbocycles. The summed E-state index contributed by atoms with van der Waals surface area (Å²) in [6.07, 6.45) is 3.51. The summed E-state index contributed by atoms with van der Waals surface area (Å²) in [4.78, 5) is 0. The third-order valence-corrected chi connectivity index (χ3v) is 2.33. The molecule has 0 saturated carbocycles. The number of rotatable bonds is 3. The Morgan fingerprint density at radius 3 is 2.42 bits per heavy atom. The minimum Gasteiger partial charge on any atom is -0.260 e. The van der Waals surface area contributed by atoms with Crippen molar-refractivity contribution in [3.63, 3.8) is 0 Å². The monoisotopic (exact) mass is 180 g/mol. The van der Waals surface area contributed by atoms with E-state index >= 15 is 0 Å². The first-order valence-electron chi connectivity index (χ1n) is 3.74. The van der Waals surface area contributed by atoms with E-state index in [1.807, 2.05) is 24.3 Å². The molecule has 12 heavy (non-hydrogen) atoms. The summed E-state index contributed by atoms with van der Waals surface area (Å²) >= 11 is 0. The molecule has 1 aromatic rings. The van der Waals surface area contributed by atoms with E-state index < -0.39 is 10.8 Å². The van der Waals surface area contributed by atoms with E-state index in [2.05, 4.69) is 6.58 Å². The Morgan fingerprint density at radius 1 is 1.42 bits per heavy atom. The highest BCUT2D eigenvalue weighted by Gasteiger charge is 1.94. The largest absolute Gasteiger partial charge is 0.260 e. The standard InChI is InChI=1S/C10H12OS/c1-3-9-4-6-10(7-5-9)8-12(2)11/h3-7H,1,8H2,2H3. The molecule has 0 bridgehead atoms. The number of hydrogen-bond donors (Lipinski definition) is 0. The third kappa shape index (κ3) is 2.62. The topological polar surface area (TPSA) is 17.1 Å². The van der Waals surface area contributed by atoms with Crippen LogP contribution in [0.25, 0.3) is 6.08 Å². The van der Waals surface area contributed by atoms with E-state index in [-0.39, 0.29) is 0 Å². The van der Waals surface area contributed by atoms with E-state index in [9.17, 15) is 4.21 Å². The van der Waals surface area contributed by atoms with Crippen LogP contribution < -0.4 is 0 Å². The van der Waals surface area contributed by atoms with Gasteiger partial charge in [0.1, 0.15) is 0 Å². The minimum atomic E-state index is -0.751. The van der Waals surface area contributed by atoms with Gasteiger partial charge in [0.2, 0.25) is 0 Å². The summed E-state index contributed by atoms with van der Waals surface area (Å²) in [5.74, 6) is 0.636. The van der Waals surface area contributed by atoms with Crippen molar-refractivity contribution in [2.24, 2.45) is 0 Å². The smallest absolute Gasteiger partial charge is 0.0482 e. The minimum absolute atomic E-state index is 0.636. The molecule has 0 aliphatic carbocycles. The third-order valence-electron chi connectivity index (χ3n) is 1.59. The van der Waals surface area contributed by atoms with Crippen molar-refractivity contribution in [1.82, 2.24) is 0 Å². The van der Waals surface area contributed by atoms with Crippen LogP contribution in [-0.2, 0) is 16.6 Å². The molecule has 1 unspecified atom stereocenters. The Balaban J connectivity index is 2.77. The summed E-state index contributed by atoms with van der Waals surface area (Å²) in [6, 6.07) is 7.93. The average Bonchev–Trinajstić information content (AvgIpc) is 2.05. The lowest BCUT2D eigenvalue weighted by atomic mass is 10.1. The van der Waals surface area contributed by atoms with Crippen LogP contribution in [0.1, 0.15) is 11.1 Å². The van der Waals surface area contributed by atoms with Crippen LogP contribution in [-0.4, -0.2) is 10.5 Å². The molecule has 1 rings (SSSR count). The molecule has 0 heterocycles. The molecular formula is C10H12OS. The van der Waals surface area contributed by atoms with Gasteiger partial charge >= 0.3 is 0 Å². The summed E-state index contributed by atoms with van der Waals surface area (Å²) in [5, 5.41) is 0. The first-order valence-corrected chi connectivity index (χ1v) is 5.46. The molecule has 1 nitrogen and oxygen atoms in total. The van der Waals surface area contributed by atoms with Gasteiger partial charge in [0.05, 0.1) is 0 Å². The number of hydrogen-bond acceptors (Lipinski definition) is 1. The zero-order valence-corrected chi connectivity index (χ0v) is 7.93. The lowest BCUT2D eigenvalue weighted by molar-refractivity contribution is 0.686. The second-order valence-corrected chi connectivity index (χ2v) is 4.10. The lowest BCUT2D eigenvalue weighted by Gasteiger charge is -1.98. The normalized spacial score (nSPS) is 12.4. The van der Waals surface area contributed by atoms with E-state index in [4.69, 9.17) is 0 Å². The molecule has 1 atom stereocenters. The SMILES string of the molecule is C=Cc1ccc(CS(C)=O)cc1. The van der Waals surface area contributed by atoms with E-state index in [1.165, 1.54) is 0 Å². The summed E-state index contributed by atoms with van der Waals surface area (Å²) in [6.45, 7) is 3.66. The van der Waals surface area contributed by atoms with Gasteiger partial charge in [0, 0.05) is 22.8 Å². The maximum Gasteiger partial charge on any atom is 0.0482 e. The first kappa shape index (κ1) is 9.20. The molecule has 0 saturated heterocycles. The van der Waals surface area contributed by atoms with E-state index in [0.29, 0.717) is 5.75 Å². The van der Waals surface area contributed by atoms with Gasteiger partial charge in [0.25, 0.3) is 0 Å². The van der Waals surface area contributed by atoms with Gasteiger partial charge < -0.3 is 0 Å². The Hall–Kier alpha value is -0.890. The molecule has 0 amide bonds. The predicted octanol–water partition coefficient (Wildman–Crippen LogP) is 2.21. The van der Waals surface area contributed by atoms with Crippen LogP contribution in [0, 0.1) is 0 Å². The maximum atomic E-state index is 10.9. The molecule has 0 aromatic heterocycles. The second kappa shape index (κ2) is 4.21. The molecule has 0 radical (unpaired) electrons. The summed E-state index contributed by atoms with van der Waals surface area (Å²) < 4.78 is 10.9. The second-order valence-electron chi connectivity index (χ2n) is 2.66. The van der Waals surface area contributed by atoms with Crippen molar-refractivity contribution >= 4 is 16.9 Å². The zero-order valence-electron chi connectivity index (χ0n) is 7.12. The highest BCUT2D eigenvalue weighted by atomic mass is 32.2. The van der Waals surface area contributed by atoms with Gasteiger partial charge in [-0.25, -0.2) is 0 Å². The van der Waals surface area contributed by atoms with Gasteiger partial charge in [-0.05, 0) is 11.1 Å². The van der Waals surface area contributed by atoms with Crippen LogP contribution in [0.5, 0.6) is 0 Å². The van der Waals surface area contributed by atoms with Crippen LogP contribution in [0.15, 0.2) is 30.8 Å². The fourth-order valence-electron chi connectivity index (χ4n) is 0.985. The van der Waals surface area contributed by atoms with E-state index in [1.54, 1.807) is 12.3 Å². The molecule has 0 fully saturated rings. The van der Waals surface area contributed by atoms with Gasteiger partial charge in [-0.2, -0.15) is 0 Å². The van der Waals surface area contributed by atoms with Crippen LogP contribution in [0.2, 0.25) is 0 Å². The average molecular weight is 180 g/mol. The molecule has 0 aliphatic heterocycles. The van der Waals surface area contributed by atoms with Crippen molar-refractivity contribution in [2.45, 2.75) is 5.75 Å². The zero-order chi connectivity index (χ0) is 8.97. The van der Waals surface area contributed by atoms with Gasteiger partial charge in [-0.1, -0.05) is 36.9 Å².